The Morgan fingerprint density at radius 2 is 1.38 bits per heavy atom. The number of piperazine rings is 3. The van der Waals surface area contributed by atoms with Crippen LogP contribution in [0.2, 0.25) is 0 Å². The van der Waals surface area contributed by atoms with Crippen LogP contribution in [0.4, 0.5) is 11.4 Å². The molecule has 4 aliphatic rings. The Hall–Kier alpha value is -1.53. The highest BCUT2D eigenvalue weighted by Crippen LogP contribution is 2.48. The molecule has 6 rings (SSSR count). The minimum Gasteiger partial charge on any atom is -1.00 e. The second-order valence-electron chi connectivity index (χ2n) is 7.28. The summed E-state index contributed by atoms with van der Waals surface area (Å²) in [6, 6.07) is 16.5. The molecular formula is C20H22ClN3OS. The largest absolute Gasteiger partial charge is 1.00 e. The molecule has 3 fully saturated rings. The molecule has 4 nitrogen and oxygen atoms in total. The second-order valence-corrected chi connectivity index (χ2v) is 8.36. The Labute approximate surface area is 164 Å². The van der Waals surface area contributed by atoms with Crippen LogP contribution in [-0.4, -0.2) is 61.1 Å². The fourth-order valence-corrected chi connectivity index (χ4v) is 5.36. The molecule has 0 N–H and O–H groups in total. The predicted molar refractivity (Wildman–Crippen MR) is 100 cm³/mol. The van der Waals surface area contributed by atoms with Gasteiger partial charge in [0.05, 0.1) is 31.0 Å². The average molecular weight is 388 g/mol. The number of anilines is 2. The number of amides is 1. The summed E-state index contributed by atoms with van der Waals surface area (Å²) >= 11 is 1.76. The molecule has 6 heteroatoms. The molecule has 0 radical (unpaired) electrons. The zero-order valence-electron chi connectivity index (χ0n) is 14.6. The maximum absolute atomic E-state index is 13.5. The number of rotatable bonds is 2. The van der Waals surface area contributed by atoms with E-state index in [9.17, 15) is 4.79 Å². The van der Waals surface area contributed by atoms with Crippen molar-refractivity contribution in [3.63, 3.8) is 0 Å². The lowest BCUT2D eigenvalue weighted by molar-refractivity contribution is -0.933. The smallest absolute Gasteiger partial charge is 0.286 e. The minimum absolute atomic E-state index is 0. The number of hydrogen-bond acceptors (Lipinski definition) is 3. The van der Waals surface area contributed by atoms with Crippen molar-refractivity contribution in [2.45, 2.75) is 9.79 Å². The van der Waals surface area contributed by atoms with Crippen LogP contribution in [0.5, 0.6) is 0 Å². The third kappa shape index (κ3) is 2.93. The number of nitrogens with zero attached hydrogens (tertiary/aromatic N) is 3. The van der Waals surface area contributed by atoms with Gasteiger partial charge in [0.25, 0.3) is 5.91 Å². The molecule has 2 aromatic rings. The zero-order valence-corrected chi connectivity index (χ0v) is 16.2. The average Bonchev–Trinajstić information content (AvgIpc) is 2.67. The lowest BCUT2D eigenvalue weighted by atomic mass is 10.1. The van der Waals surface area contributed by atoms with Gasteiger partial charge < -0.3 is 16.9 Å². The van der Waals surface area contributed by atoms with E-state index in [2.05, 4.69) is 29.2 Å². The summed E-state index contributed by atoms with van der Waals surface area (Å²) in [6.45, 7) is 7.34. The van der Waals surface area contributed by atoms with Crippen LogP contribution in [-0.2, 0) is 4.79 Å². The molecule has 3 saturated heterocycles. The van der Waals surface area contributed by atoms with Gasteiger partial charge in [-0.15, -0.1) is 0 Å². The number of para-hydroxylation sites is 2. The highest BCUT2D eigenvalue weighted by molar-refractivity contribution is 7.99. The molecule has 1 amide bonds. The van der Waals surface area contributed by atoms with Crippen molar-refractivity contribution in [3.8, 4) is 0 Å². The fourth-order valence-electron chi connectivity index (χ4n) is 4.30. The van der Waals surface area contributed by atoms with Gasteiger partial charge in [-0.1, -0.05) is 36.0 Å². The van der Waals surface area contributed by atoms with E-state index in [1.165, 1.54) is 0 Å². The van der Waals surface area contributed by atoms with Gasteiger partial charge in [0.1, 0.15) is 0 Å². The van der Waals surface area contributed by atoms with Gasteiger partial charge in [-0.25, -0.2) is 0 Å². The number of fused-ring (bicyclic) bond motifs is 5. The summed E-state index contributed by atoms with van der Waals surface area (Å²) in [5.41, 5.74) is 2.06. The minimum atomic E-state index is 0. The zero-order chi connectivity index (χ0) is 16.9. The highest BCUT2D eigenvalue weighted by Gasteiger charge is 2.42. The van der Waals surface area contributed by atoms with Crippen molar-refractivity contribution in [1.82, 2.24) is 4.90 Å². The van der Waals surface area contributed by atoms with Gasteiger partial charge in [0, 0.05) is 29.4 Å². The Kier molecular flexibility index (Phi) is 4.73. The maximum atomic E-state index is 13.5. The summed E-state index contributed by atoms with van der Waals surface area (Å²) in [6.07, 6.45) is 0. The summed E-state index contributed by atoms with van der Waals surface area (Å²) in [4.78, 5) is 20.3. The van der Waals surface area contributed by atoms with Crippen LogP contribution in [0, 0.1) is 0 Å². The number of carbonyl (C=O) groups excluding carboxylic acids is 1. The van der Waals surface area contributed by atoms with Gasteiger partial charge in [-0.3, -0.25) is 14.6 Å². The molecule has 0 aromatic heterocycles. The maximum Gasteiger partial charge on any atom is 0.286 e. The highest BCUT2D eigenvalue weighted by atomic mass is 35.5. The van der Waals surface area contributed by atoms with Crippen molar-refractivity contribution in [3.05, 3.63) is 48.5 Å². The van der Waals surface area contributed by atoms with Gasteiger partial charge >= 0.3 is 0 Å². The van der Waals surface area contributed by atoms with E-state index < -0.39 is 0 Å². The molecule has 0 saturated carbocycles. The van der Waals surface area contributed by atoms with Crippen LogP contribution in [0.1, 0.15) is 0 Å². The molecule has 26 heavy (non-hydrogen) atoms. The summed E-state index contributed by atoms with van der Waals surface area (Å²) in [5.74, 6) is 0.232. The Morgan fingerprint density at radius 3 is 1.92 bits per heavy atom. The summed E-state index contributed by atoms with van der Waals surface area (Å²) in [5, 5.41) is 0. The lowest BCUT2D eigenvalue weighted by Gasteiger charge is -2.50. The molecule has 0 atom stereocenters. The normalized spacial score (nSPS) is 25.8. The van der Waals surface area contributed by atoms with E-state index in [1.807, 2.05) is 29.2 Å². The topological polar surface area (TPSA) is 23.6 Å². The summed E-state index contributed by atoms with van der Waals surface area (Å²) < 4.78 is 0.962. The van der Waals surface area contributed by atoms with E-state index in [-0.39, 0.29) is 18.3 Å². The number of halogens is 1. The van der Waals surface area contributed by atoms with Crippen molar-refractivity contribution in [1.29, 1.82) is 0 Å². The second kappa shape index (κ2) is 6.89. The van der Waals surface area contributed by atoms with Crippen LogP contribution >= 0.6 is 11.8 Å². The molecule has 0 aliphatic carbocycles. The van der Waals surface area contributed by atoms with Crippen LogP contribution < -0.4 is 17.3 Å². The molecule has 0 spiro atoms. The first-order valence-corrected chi connectivity index (χ1v) is 9.82. The first-order chi connectivity index (χ1) is 12.2. The predicted octanol–water partition coefficient (Wildman–Crippen LogP) is -0.0341. The number of quaternary nitrogens is 1. The van der Waals surface area contributed by atoms with Crippen molar-refractivity contribution in [2.75, 3.05) is 50.7 Å². The molecule has 4 heterocycles. The quantitative estimate of drug-likeness (QED) is 0.676. The third-order valence-electron chi connectivity index (χ3n) is 5.82. The van der Waals surface area contributed by atoms with Gasteiger partial charge in [0.2, 0.25) is 0 Å². The lowest BCUT2D eigenvalue weighted by Crippen LogP contribution is -3.00. The van der Waals surface area contributed by atoms with Crippen molar-refractivity contribution >= 4 is 29.0 Å². The fraction of sp³-hybridized carbons (Fsp3) is 0.350. The first kappa shape index (κ1) is 17.9. The van der Waals surface area contributed by atoms with Gasteiger partial charge in [-0.05, 0) is 24.3 Å². The van der Waals surface area contributed by atoms with Crippen LogP contribution in [0.15, 0.2) is 58.3 Å². The standard InChI is InChI=1S/C20H22N3OS.ClH/c24-20(15-23-12-9-21(10-13-23)11-14-23)22-16-5-1-3-7-18(16)25-19-8-4-2-6-17(19)22;/h1-8H,9-15H2;1H/q+1;/p-1. The molecular weight excluding hydrogens is 366 g/mol. The van der Waals surface area contributed by atoms with E-state index in [1.54, 1.807) is 11.8 Å². The Balaban J connectivity index is 0.00000168. The number of benzene rings is 2. The SMILES string of the molecule is O=C(C[N+]12CCN(CC1)CC2)N1c2ccccc2Sc2ccccc21.[Cl-]. The molecule has 136 valence electrons. The van der Waals surface area contributed by atoms with Gasteiger partial charge in [0.15, 0.2) is 6.54 Å². The molecule has 2 aromatic carbocycles. The van der Waals surface area contributed by atoms with Crippen LogP contribution in [0.3, 0.4) is 0 Å². The van der Waals surface area contributed by atoms with E-state index >= 15 is 0 Å². The Morgan fingerprint density at radius 1 is 0.885 bits per heavy atom. The summed E-state index contributed by atoms with van der Waals surface area (Å²) in [7, 11) is 0. The van der Waals surface area contributed by atoms with Gasteiger partial charge in [-0.2, -0.15) is 0 Å². The number of hydrogen-bond donors (Lipinski definition) is 0. The first-order valence-electron chi connectivity index (χ1n) is 9.01. The van der Waals surface area contributed by atoms with E-state index in [0.717, 1.165) is 64.9 Å². The van der Waals surface area contributed by atoms with Crippen molar-refractivity contribution in [2.24, 2.45) is 0 Å². The van der Waals surface area contributed by atoms with Crippen molar-refractivity contribution < 1.29 is 21.7 Å². The molecule has 2 bridgehead atoms. The monoisotopic (exact) mass is 387 g/mol. The van der Waals surface area contributed by atoms with Crippen LogP contribution in [0.25, 0.3) is 0 Å². The molecule has 4 aliphatic heterocycles. The van der Waals surface area contributed by atoms with E-state index in [4.69, 9.17) is 0 Å². The molecule has 0 unspecified atom stereocenters. The number of carbonyl (C=O) groups is 1. The third-order valence-corrected chi connectivity index (χ3v) is 6.95. The Bertz CT molecular complexity index is 776. The van der Waals surface area contributed by atoms with E-state index in [0.29, 0.717) is 6.54 Å².